The molecule has 0 radical (unpaired) electrons. The predicted molar refractivity (Wildman–Crippen MR) is 66.8 cm³/mol. The zero-order valence-electron chi connectivity index (χ0n) is 10.1. The molecule has 1 heterocycles. The summed E-state index contributed by atoms with van der Waals surface area (Å²) in [6, 6.07) is 3.66. The Bertz CT molecular complexity index is 426. The van der Waals surface area contributed by atoms with Crippen LogP contribution in [0.2, 0.25) is 0 Å². The summed E-state index contributed by atoms with van der Waals surface area (Å²) in [6.45, 7) is 3.15. The molecule has 0 bridgehead atoms. The predicted octanol–water partition coefficient (Wildman–Crippen LogP) is -0.124. The minimum Gasteiger partial charge on any atom is -0.356 e. The molecule has 3 N–H and O–H groups in total. The number of carbonyl (C=O) groups is 1. The summed E-state index contributed by atoms with van der Waals surface area (Å²) in [5.41, 5.74) is 6.20. The second-order valence-electron chi connectivity index (χ2n) is 3.91. The fourth-order valence-corrected chi connectivity index (χ4v) is 1.62. The molecule has 0 aliphatic carbocycles. The van der Waals surface area contributed by atoms with Crippen molar-refractivity contribution in [3.05, 3.63) is 34.2 Å². The second-order valence-corrected chi connectivity index (χ2v) is 3.91. The van der Waals surface area contributed by atoms with Gasteiger partial charge in [0, 0.05) is 31.8 Å². The van der Waals surface area contributed by atoms with E-state index in [2.05, 4.69) is 5.32 Å². The van der Waals surface area contributed by atoms with Crippen molar-refractivity contribution in [2.24, 2.45) is 5.73 Å². The summed E-state index contributed by atoms with van der Waals surface area (Å²) < 4.78 is 1.66. The highest BCUT2D eigenvalue weighted by molar-refractivity contribution is 5.72. The van der Waals surface area contributed by atoms with Crippen LogP contribution in [0.3, 0.4) is 0 Å². The summed E-state index contributed by atoms with van der Waals surface area (Å²) in [5.74, 6) is -0.0470. The smallest absolute Gasteiger partial charge is 0.253 e. The number of amides is 1. The molecular formula is C12H19N3O2. The molecule has 0 aliphatic rings. The number of carbonyl (C=O) groups excluding carboxylic acids is 1. The molecule has 1 amide bonds. The monoisotopic (exact) mass is 237 g/mol. The SMILES string of the molecule is CC(=O)NCCCn1cccc(CCN)c1=O. The van der Waals surface area contributed by atoms with Gasteiger partial charge in [0.15, 0.2) is 0 Å². The number of nitrogens with one attached hydrogen (secondary N) is 1. The number of aryl methyl sites for hydroxylation is 1. The van der Waals surface area contributed by atoms with Crippen molar-refractivity contribution in [1.82, 2.24) is 9.88 Å². The van der Waals surface area contributed by atoms with Crippen molar-refractivity contribution in [1.29, 1.82) is 0 Å². The third-order valence-electron chi connectivity index (χ3n) is 2.46. The van der Waals surface area contributed by atoms with Gasteiger partial charge in [0.2, 0.25) is 5.91 Å². The molecule has 1 aromatic heterocycles. The molecule has 0 aliphatic heterocycles. The van der Waals surface area contributed by atoms with E-state index in [-0.39, 0.29) is 11.5 Å². The second kappa shape index (κ2) is 6.85. The van der Waals surface area contributed by atoms with Crippen molar-refractivity contribution in [3.8, 4) is 0 Å². The molecule has 0 aromatic carbocycles. The highest BCUT2D eigenvalue weighted by Gasteiger charge is 2.01. The van der Waals surface area contributed by atoms with Crippen LogP contribution in [0.25, 0.3) is 0 Å². The van der Waals surface area contributed by atoms with Crippen LogP contribution in [0, 0.1) is 0 Å². The van der Waals surface area contributed by atoms with E-state index in [4.69, 9.17) is 5.73 Å². The molecule has 0 saturated carbocycles. The maximum atomic E-state index is 11.9. The topological polar surface area (TPSA) is 77.1 Å². The lowest BCUT2D eigenvalue weighted by atomic mass is 10.2. The van der Waals surface area contributed by atoms with Crippen molar-refractivity contribution < 1.29 is 4.79 Å². The maximum Gasteiger partial charge on any atom is 0.253 e. The van der Waals surface area contributed by atoms with E-state index in [1.54, 1.807) is 16.8 Å². The Labute approximate surface area is 101 Å². The average molecular weight is 237 g/mol. The summed E-state index contributed by atoms with van der Waals surface area (Å²) >= 11 is 0. The fourth-order valence-electron chi connectivity index (χ4n) is 1.62. The summed E-state index contributed by atoms with van der Waals surface area (Å²) in [7, 11) is 0. The normalized spacial score (nSPS) is 10.2. The van der Waals surface area contributed by atoms with Crippen molar-refractivity contribution in [3.63, 3.8) is 0 Å². The maximum absolute atomic E-state index is 11.9. The van der Waals surface area contributed by atoms with Crippen LogP contribution >= 0.6 is 0 Å². The molecule has 5 heteroatoms. The lowest BCUT2D eigenvalue weighted by Crippen LogP contribution is -2.27. The Kier molecular flexibility index (Phi) is 5.42. The molecule has 0 atom stereocenters. The Morgan fingerprint density at radius 2 is 2.29 bits per heavy atom. The van der Waals surface area contributed by atoms with Crippen LogP contribution < -0.4 is 16.6 Å². The van der Waals surface area contributed by atoms with E-state index < -0.39 is 0 Å². The molecule has 0 fully saturated rings. The van der Waals surface area contributed by atoms with Crippen molar-refractivity contribution in [2.75, 3.05) is 13.1 Å². The van der Waals surface area contributed by atoms with E-state index in [9.17, 15) is 9.59 Å². The molecular weight excluding hydrogens is 218 g/mol. The van der Waals surface area contributed by atoms with Gasteiger partial charge >= 0.3 is 0 Å². The van der Waals surface area contributed by atoms with Crippen LogP contribution in [0.1, 0.15) is 18.9 Å². The van der Waals surface area contributed by atoms with Gasteiger partial charge in [0.05, 0.1) is 0 Å². The molecule has 0 saturated heterocycles. The zero-order chi connectivity index (χ0) is 12.7. The molecule has 1 aromatic rings. The van der Waals surface area contributed by atoms with E-state index in [0.29, 0.717) is 26.1 Å². The van der Waals surface area contributed by atoms with Gasteiger partial charge in [0.25, 0.3) is 5.56 Å². The van der Waals surface area contributed by atoms with Gasteiger partial charge < -0.3 is 15.6 Å². The average Bonchev–Trinajstić information content (AvgIpc) is 2.29. The van der Waals surface area contributed by atoms with Crippen LogP contribution in [0.4, 0.5) is 0 Å². The first-order valence-electron chi connectivity index (χ1n) is 5.78. The fraction of sp³-hybridized carbons (Fsp3) is 0.500. The van der Waals surface area contributed by atoms with Crippen LogP contribution in [-0.2, 0) is 17.8 Å². The number of hydrogen-bond acceptors (Lipinski definition) is 3. The molecule has 17 heavy (non-hydrogen) atoms. The highest BCUT2D eigenvalue weighted by Crippen LogP contribution is 1.94. The summed E-state index contributed by atoms with van der Waals surface area (Å²) in [5, 5.41) is 2.70. The van der Waals surface area contributed by atoms with E-state index in [1.807, 2.05) is 6.07 Å². The molecule has 1 rings (SSSR count). The molecule has 5 nitrogen and oxygen atoms in total. The summed E-state index contributed by atoms with van der Waals surface area (Å²) in [6.07, 6.45) is 3.10. The van der Waals surface area contributed by atoms with Gasteiger partial charge in [0.1, 0.15) is 0 Å². The van der Waals surface area contributed by atoms with Gasteiger partial charge in [-0.2, -0.15) is 0 Å². The van der Waals surface area contributed by atoms with E-state index in [1.165, 1.54) is 6.92 Å². The lowest BCUT2D eigenvalue weighted by molar-refractivity contribution is -0.118. The van der Waals surface area contributed by atoms with Crippen LogP contribution in [0.5, 0.6) is 0 Å². The first kappa shape index (κ1) is 13.4. The van der Waals surface area contributed by atoms with Gasteiger partial charge in [-0.15, -0.1) is 0 Å². The molecule has 0 unspecified atom stereocenters. The standard InChI is InChI=1S/C12H19N3O2/c1-10(16)14-7-3-9-15-8-2-4-11(5-6-13)12(15)17/h2,4,8H,3,5-7,9,13H2,1H3,(H,14,16). The third kappa shape index (κ3) is 4.40. The molecule has 0 spiro atoms. The third-order valence-corrected chi connectivity index (χ3v) is 2.46. The number of pyridine rings is 1. The first-order chi connectivity index (χ1) is 8.15. The highest BCUT2D eigenvalue weighted by atomic mass is 16.1. The minimum atomic E-state index is -0.0470. The number of hydrogen-bond donors (Lipinski definition) is 2. The first-order valence-corrected chi connectivity index (χ1v) is 5.78. The van der Waals surface area contributed by atoms with Gasteiger partial charge in [-0.3, -0.25) is 9.59 Å². The van der Waals surface area contributed by atoms with Gasteiger partial charge in [-0.1, -0.05) is 6.07 Å². The quantitative estimate of drug-likeness (QED) is 0.677. The largest absolute Gasteiger partial charge is 0.356 e. The van der Waals surface area contributed by atoms with Gasteiger partial charge in [-0.05, 0) is 25.5 Å². The Balaban J connectivity index is 2.56. The van der Waals surface area contributed by atoms with E-state index >= 15 is 0 Å². The number of nitrogens with two attached hydrogens (primary N) is 1. The van der Waals surface area contributed by atoms with Crippen molar-refractivity contribution in [2.45, 2.75) is 26.3 Å². The van der Waals surface area contributed by atoms with Crippen molar-refractivity contribution >= 4 is 5.91 Å². The number of aromatic nitrogens is 1. The van der Waals surface area contributed by atoms with Crippen LogP contribution in [0.15, 0.2) is 23.1 Å². The lowest BCUT2D eigenvalue weighted by Gasteiger charge is -2.07. The minimum absolute atomic E-state index is 0.0146. The van der Waals surface area contributed by atoms with Crippen LogP contribution in [-0.4, -0.2) is 23.6 Å². The Hall–Kier alpha value is -1.62. The van der Waals surface area contributed by atoms with Gasteiger partial charge in [-0.25, -0.2) is 0 Å². The summed E-state index contributed by atoms with van der Waals surface area (Å²) in [4.78, 5) is 22.6. The zero-order valence-corrected chi connectivity index (χ0v) is 10.1. The Morgan fingerprint density at radius 3 is 2.94 bits per heavy atom. The Morgan fingerprint density at radius 1 is 1.53 bits per heavy atom. The number of nitrogens with zero attached hydrogens (tertiary/aromatic N) is 1. The molecule has 94 valence electrons. The van der Waals surface area contributed by atoms with E-state index in [0.717, 1.165) is 12.0 Å². The number of rotatable bonds is 6.